The molecule has 3 atom stereocenters. The number of ether oxygens (including phenoxy) is 1. The maximum Gasteiger partial charge on any atom is 0.326 e. The van der Waals surface area contributed by atoms with Crippen LogP contribution in [0.1, 0.15) is 45.4 Å². The maximum atomic E-state index is 13.4. The third-order valence-corrected chi connectivity index (χ3v) is 9.74. The lowest BCUT2D eigenvalue weighted by molar-refractivity contribution is -0.492. The van der Waals surface area contributed by atoms with Crippen LogP contribution in [0.3, 0.4) is 0 Å². The van der Waals surface area contributed by atoms with Gasteiger partial charge in [0.2, 0.25) is 5.91 Å². The number of allylic oxidation sites excluding steroid dienone is 4. The van der Waals surface area contributed by atoms with Crippen LogP contribution in [0.2, 0.25) is 0 Å². The minimum atomic E-state index is -1.01. The van der Waals surface area contributed by atoms with Crippen LogP contribution < -0.4 is 5.32 Å². The molecule has 4 N–H and O–H groups in total. The van der Waals surface area contributed by atoms with Gasteiger partial charge in [0, 0.05) is 30.9 Å². The molecule has 202 valence electrons. The summed E-state index contributed by atoms with van der Waals surface area (Å²) in [6.07, 6.45) is 9.85. The average Bonchev–Trinajstić information content (AvgIpc) is 3.48. The fourth-order valence-corrected chi connectivity index (χ4v) is 7.79. The molecule has 1 amide bonds. The molecule has 11 nitrogen and oxygen atoms in total. The summed E-state index contributed by atoms with van der Waals surface area (Å²) in [6, 6.07) is -2.45. The Morgan fingerprint density at radius 3 is 2.64 bits per heavy atom. The lowest BCUT2D eigenvalue weighted by atomic mass is 9.99. The van der Waals surface area contributed by atoms with Crippen molar-refractivity contribution in [1.29, 1.82) is 0 Å². The van der Waals surface area contributed by atoms with Crippen LogP contribution in [-0.2, 0) is 24.0 Å². The molecule has 13 heteroatoms. The van der Waals surface area contributed by atoms with Gasteiger partial charge in [-0.15, -0.1) is 23.5 Å². The fraction of sp³-hybridized carbons (Fsp3) is 0.696. The summed E-state index contributed by atoms with van der Waals surface area (Å²) in [6.45, 7) is 1.95. The molecule has 2 saturated heterocycles. The summed E-state index contributed by atoms with van der Waals surface area (Å²) in [5.74, 6) is -0.0231. The van der Waals surface area contributed by atoms with Crippen LogP contribution >= 0.6 is 23.5 Å². The maximum absolute atomic E-state index is 13.4. The average molecular weight is 546 g/mol. The molecule has 3 aliphatic rings. The van der Waals surface area contributed by atoms with Crippen molar-refractivity contribution in [3.8, 4) is 0 Å². The van der Waals surface area contributed by atoms with E-state index in [0.29, 0.717) is 25.8 Å². The number of amides is 1. The van der Waals surface area contributed by atoms with Gasteiger partial charge >= 0.3 is 11.9 Å². The predicted octanol–water partition coefficient (Wildman–Crippen LogP) is 2.20. The minimum absolute atomic E-state index is 0.0000402. The number of carboxylic acids is 1. The van der Waals surface area contributed by atoms with E-state index in [1.165, 1.54) is 4.90 Å². The number of hydrogen-bond donors (Lipinski definition) is 4. The number of carbonyl (C=O) groups excluding carboxylic acids is 2. The van der Waals surface area contributed by atoms with E-state index in [2.05, 4.69) is 22.3 Å². The predicted molar refractivity (Wildman–Crippen MR) is 134 cm³/mol. The molecule has 1 spiro atoms. The zero-order valence-electron chi connectivity index (χ0n) is 20.3. The van der Waals surface area contributed by atoms with Crippen molar-refractivity contribution in [2.75, 3.05) is 31.3 Å². The molecular formula is C23H35N3O8S2. The van der Waals surface area contributed by atoms with Gasteiger partial charge in [0.05, 0.1) is 28.7 Å². The van der Waals surface area contributed by atoms with Crippen molar-refractivity contribution >= 4 is 41.4 Å². The number of carbonyl (C=O) groups is 3. The highest BCUT2D eigenvalue weighted by Crippen LogP contribution is 2.51. The summed E-state index contributed by atoms with van der Waals surface area (Å²) in [4.78, 5) is 44.1. The first-order valence-electron chi connectivity index (χ1n) is 12.1. The number of nitrogens with zero attached hydrogens (tertiary/aromatic N) is 2. The Hall–Kier alpha value is -1.61. The monoisotopic (exact) mass is 545 g/mol. The number of esters is 1. The summed E-state index contributed by atoms with van der Waals surface area (Å²) in [5, 5.41) is 29.6. The highest BCUT2D eigenvalue weighted by Gasteiger charge is 2.52. The van der Waals surface area contributed by atoms with Crippen molar-refractivity contribution in [3.63, 3.8) is 0 Å². The van der Waals surface area contributed by atoms with Crippen molar-refractivity contribution in [3.05, 3.63) is 23.8 Å². The Morgan fingerprint density at radius 1 is 1.25 bits per heavy atom. The second-order valence-electron chi connectivity index (χ2n) is 8.98. The molecule has 2 heterocycles. The van der Waals surface area contributed by atoms with Crippen molar-refractivity contribution < 1.29 is 39.5 Å². The first kappa shape index (κ1) is 29.0. The SMILES string of the molecule is CC(NC(CCC1=CCCC=C1)C(=O)OCCCON(O)O)C(=O)N1CC2(CC1C(=O)O)SCCS2. The standard InChI is InChI=1S/C23H35N3O8S2/c1-16(20(27)25-15-23(35-12-13-36-23)14-19(25)21(28)29)24-18(9-8-17-6-3-2-4-7-17)22(30)33-10-5-11-34-26(31)32/h3,6-7,16,18-19,24,31-32H,2,4-5,8-15H2,1H3,(H,28,29). The molecule has 0 aromatic rings. The van der Waals surface area contributed by atoms with Gasteiger partial charge in [-0.1, -0.05) is 23.8 Å². The molecule has 36 heavy (non-hydrogen) atoms. The molecule has 0 aromatic heterocycles. The third kappa shape index (κ3) is 8.20. The molecule has 2 aliphatic heterocycles. The fourth-order valence-electron chi connectivity index (χ4n) is 4.53. The summed E-state index contributed by atoms with van der Waals surface area (Å²) >= 11 is 3.44. The van der Waals surface area contributed by atoms with E-state index < -0.39 is 35.5 Å². The minimum Gasteiger partial charge on any atom is -0.480 e. The van der Waals surface area contributed by atoms with Crippen molar-refractivity contribution in [2.24, 2.45) is 0 Å². The molecular weight excluding hydrogens is 510 g/mol. The van der Waals surface area contributed by atoms with E-state index in [9.17, 15) is 19.5 Å². The first-order chi connectivity index (χ1) is 17.2. The number of nitrogens with one attached hydrogen (secondary N) is 1. The lowest BCUT2D eigenvalue weighted by Gasteiger charge is -2.28. The molecule has 0 aromatic carbocycles. The van der Waals surface area contributed by atoms with Gasteiger partial charge < -0.3 is 14.7 Å². The molecule has 3 unspecified atom stereocenters. The largest absolute Gasteiger partial charge is 0.480 e. The highest BCUT2D eigenvalue weighted by molar-refractivity contribution is 8.21. The Labute approximate surface area is 219 Å². The van der Waals surface area contributed by atoms with Crippen molar-refractivity contribution in [2.45, 2.75) is 67.7 Å². The number of rotatable bonds is 13. The van der Waals surface area contributed by atoms with Gasteiger partial charge in [0.1, 0.15) is 12.1 Å². The summed E-state index contributed by atoms with van der Waals surface area (Å²) < 4.78 is 5.06. The van der Waals surface area contributed by atoms with Crippen molar-refractivity contribution in [1.82, 2.24) is 15.6 Å². The van der Waals surface area contributed by atoms with Gasteiger partial charge in [-0.25, -0.2) is 4.79 Å². The van der Waals surface area contributed by atoms with E-state index in [0.717, 1.165) is 29.9 Å². The summed E-state index contributed by atoms with van der Waals surface area (Å²) in [5.41, 5.74) is 1.11. The van der Waals surface area contributed by atoms with Gasteiger partial charge in [0.25, 0.3) is 0 Å². The van der Waals surface area contributed by atoms with Gasteiger partial charge in [-0.05, 0) is 32.6 Å². The second-order valence-corrected chi connectivity index (χ2v) is 12.2. The Bertz CT molecular complexity index is 847. The Balaban J connectivity index is 1.62. The number of hydrogen-bond acceptors (Lipinski definition) is 11. The van der Waals surface area contributed by atoms with Gasteiger partial charge in [0.15, 0.2) is 0 Å². The van der Waals surface area contributed by atoms with Crippen LogP contribution in [-0.4, -0.2) is 97.1 Å². The normalized spacial score (nSPS) is 22.6. The summed E-state index contributed by atoms with van der Waals surface area (Å²) in [7, 11) is 0. The zero-order valence-corrected chi connectivity index (χ0v) is 22.0. The van der Waals surface area contributed by atoms with Gasteiger partial charge in [-0.3, -0.25) is 30.2 Å². The van der Waals surface area contributed by atoms with Gasteiger partial charge in [-0.2, -0.15) is 0 Å². The van der Waals surface area contributed by atoms with Crippen LogP contribution in [0.4, 0.5) is 0 Å². The molecule has 1 aliphatic carbocycles. The quantitative estimate of drug-likeness (QED) is 0.153. The molecule has 0 bridgehead atoms. The van der Waals surface area contributed by atoms with E-state index in [1.807, 2.05) is 6.08 Å². The first-order valence-corrected chi connectivity index (χ1v) is 14.1. The van der Waals surface area contributed by atoms with E-state index in [4.69, 9.17) is 15.2 Å². The lowest BCUT2D eigenvalue weighted by Crippen LogP contribution is -2.53. The number of aliphatic carboxylic acids is 1. The van der Waals surface area contributed by atoms with Crippen LogP contribution in [0.5, 0.6) is 0 Å². The van der Waals surface area contributed by atoms with Crippen LogP contribution in [0.25, 0.3) is 0 Å². The van der Waals surface area contributed by atoms with E-state index in [-0.39, 0.29) is 29.6 Å². The Morgan fingerprint density at radius 2 is 2.00 bits per heavy atom. The molecule has 0 radical (unpaired) electrons. The molecule has 2 fully saturated rings. The third-order valence-electron chi connectivity index (χ3n) is 6.31. The Kier molecular flexibility index (Phi) is 11.1. The number of likely N-dealkylation sites (tertiary alicyclic amines) is 1. The second kappa shape index (κ2) is 13.8. The topological polar surface area (TPSA) is 149 Å². The number of carboxylic acid groups (broad SMARTS) is 1. The van der Waals surface area contributed by atoms with Crippen LogP contribution in [0, 0.1) is 0 Å². The smallest absolute Gasteiger partial charge is 0.326 e. The molecule has 3 rings (SSSR count). The van der Waals surface area contributed by atoms with E-state index in [1.54, 1.807) is 30.4 Å². The zero-order chi connectivity index (χ0) is 26.1. The highest BCUT2D eigenvalue weighted by atomic mass is 32.2. The van der Waals surface area contributed by atoms with E-state index >= 15 is 0 Å². The van der Waals surface area contributed by atoms with Crippen LogP contribution in [0.15, 0.2) is 23.8 Å². The molecule has 0 saturated carbocycles. The number of thioether (sulfide) groups is 2.